The number of ether oxygens (including phenoxy) is 2. The predicted octanol–water partition coefficient (Wildman–Crippen LogP) is 1.30. The van der Waals surface area contributed by atoms with Crippen molar-refractivity contribution >= 4 is 17.6 Å². The van der Waals surface area contributed by atoms with Gasteiger partial charge >= 0.3 is 5.97 Å². The highest BCUT2D eigenvalue weighted by molar-refractivity contribution is 5.94. The molecular formula is C14H20N2O4. The molecule has 0 saturated heterocycles. The van der Waals surface area contributed by atoms with Crippen molar-refractivity contribution in [3.8, 4) is 5.75 Å². The zero-order chi connectivity index (χ0) is 15.1. The van der Waals surface area contributed by atoms with Gasteiger partial charge in [-0.25, -0.2) is 4.79 Å². The summed E-state index contributed by atoms with van der Waals surface area (Å²) >= 11 is 0. The average Bonchev–Trinajstić information content (AvgIpc) is 2.40. The van der Waals surface area contributed by atoms with Crippen LogP contribution in [0.2, 0.25) is 0 Å². The molecule has 0 heterocycles. The van der Waals surface area contributed by atoms with Crippen LogP contribution in [0.1, 0.15) is 23.7 Å². The van der Waals surface area contributed by atoms with Crippen LogP contribution in [0.5, 0.6) is 5.75 Å². The average molecular weight is 280 g/mol. The molecule has 0 spiro atoms. The van der Waals surface area contributed by atoms with Gasteiger partial charge in [-0.3, -0.25) is 4.79 Å². The lowest BCUT2D eigenvalue weighted by Crippen LogP contribution is -2.23. The van der Waals surface area contributed by atoms with Crippen LogP contribution in [0.15, 0.2) is 18.2 Å². The molecule has 6 heteroatoms. The Morgan fingerprint density at radius 2 is 2.00 bits per heavy atom. The monoisotopic (exact) mass is 280 g/mol. The minimum Gasteiger partial charge on any atom is -0.491 e. The zero-order valence-corrected chi connectivity index (χ0v) is 12.0. The van der Waals surface area contributed by atoms with Gasteiger partial charge in [0, 0.05) is 14.1 Å². The Kier molecular flexibility index (Phi) is 5.83. The third-order valence-electron chi connectivity index (χ3n) is 2.60. The molecule has 0 aliphatic heterocycles. The van der Waals surface area contributed by atoms with Crippen molar-refractivity contribution in [1.82, 2.24) is 4.90 Å². The Hall–Kier alpha value is -2.24. The Balaban J connectivity index is 2.68. The fraction of sp³-hybridized carbons (Fsp3) is 0.429. The number of carbonyl (C=O) groups is 2. The van der Waals surface area contributed by atoms with E-state index in [1.165, 1.54) is 4.90 Å². The summed E-state index contributed by atoms with van der Waals surface area (Å²) in [4.78, 5) is 24.8. The van der Waals surface area contributed by atoms with Crippen LogP contribution in [0.4, 0.5) is 5.69 Å². The van der Waals surface area contributed by atoms with E-state index in [1.807, 2.05) is 0 Å². The summed E-state index contributed by atoms with van der Waals surface area (Å²) in [7, 11) is 3.30. The first-order valence-corrected chi connectivity index (χ1v) is 6.36. The van der Waals surface area contributed by atoms with Crippen LogP contribution in [0, 0.1) is 0 Å². The predicted molar refractivity (Wildman–Crippen MR) is 75.6 cm³/mol. The molecule has 1 aromatic carbocycles. The highest BCUT2D eigenvalue weighted by atomic mass is 16.5. The number of amides is 1. The summed E-state index contributed by atoms with van der Waals surface area (Å²) in [6, 6.07) is 4.88. The van der Waals surface area contributed by atoms with Crippen molar-refractivity contribution < 1.29 is 19.1 Å². The van der Waals surface area contributed by atoms with E-state index in [-0.39, 0.29) is 24.5 Å². The molecule has 0 fully saturated rings. The van der Waals surface area contributed by atoms with Crippen LogP contribution in [0.25, 0.3) is 0 Å². The molecule has 20 heavy (non-hydrogen) atoms. The fourth-order valence-electron chi connectivity index (χ4n) is 1.55. The highest BCUT2D eigenvalue weighted by Crippen LogP contribution is 2.27. The fourth-order valence-corrected chi connectivity index (χ4v) is 1.55. The third-order valence-corrected chi connectivity index (χ3v) is 2.60. The quantitative estimate of drug-likeness (QED) is 0.627. The number of carbonyl (C=O) groups excluding carboxylic acids is 2. The maximum atomic E-state index is 12.0. The molecule has 2 N–H and O–H groups in total. The summed E-state index contributed by atoms with van der Waals surface area (Å²) < 4.78 is 10.4. The van der Waals surface area contributed by atoms with Gasteiger partial charge in [0.1, 0.15) is 12.2 Å². The van der Waals surface area contributed by atoms with Crippen molar-refractivity contribution in [3.63, 3.8) is 0 Å². The maximum Gasteiger partial charge on any atom is 0.342 e. The maximum absolute atomic E-state index is 12.0. The number of para-hydroxylation sites is 1. The molecule has 1 amide bonds. The van der Waals surface area contributed by atoms with Crippen LogP contribution < -0.4 is 10.5 Å². The Morgan fingerprint density at radius 1 is 1.30 bits per heavy atom. The number of nitrogens with zero attached hydrogens (tertiary/aromatic N) is 1. The molecule has 1 aromatic rings. The van der Waals surface area contributed by atoms with Crippen LogP contribution >= 0.6 is 0 Å². The summed E-state index contributed by atoms with van der Waals surface area (Å²) in [6.07, 6.45) is 0.144. The third kappa shape index (κ3) is 4.15. The molecule has 0 aliphatic carbocycles. The number of nitrogen functional groups attached to an aromatic ring is 1. The SMILES string of the molecule is CCOc1c(N)cccc1C(=O)OCCC(=O)N(C)C. The van der Waals surface area contributed by atoms with Gasteiger partial charge < -0.3 is 20.1 Å². The second kappa shape index (κ2) is 7.37. The molecule has 0 aliphatic rings. The Morgan fingerprint density at radius 3 is 2.60 bits per heavy atom. The van der Waals surface area contributed by atoms with Crippen molar-refractivity contribution in [3.05, 3.63) is 23.8 Å². The minimum atomic E-state index is -0.549. The lowest BCUT2D eigenvalue weighted by Gasteiger charge is -2.13. The van der Waals surface area contributed by atoms with Gasteiger partial charge in [-0.1, -0.05) is 6.07 Å². The Bertz CT molecular complexity index is 486. The lowest BCUT2D eigenvalue weighted by molar-refractivity contribution is -0.129. The summed E-state index contributed by atoms with van der Waals surface area (Å²) in [5.74, 6) is -0.332. The molecule has 110 valence electrons. The molecular weight excluding hydrogens is 260 g/mol. The second-order valence-corrected chi connectivity index (χ2v) is 4.33. The van der Waals surface area contributed by atoms with Gasteiger partial charge in [0.15, 0.2) is 5.75 Å². The van der Waals surface area contributed by atoms with Gasteiger partial charge in [0.25, 0.3) is 0 Å². The minimum absolute atomic E-state index is 0.0240. The van der Waals surface area contributed by atoms with Crippen molar-refractivity contribution in [2.75, 3.05) is 33.0 Å². The van der Waals surface area contributed by atoms with E-state index in [2.05, 4.69) is 0 Å². The molecule has 0 saturated carbocycles. The first-order valence-electron chi connectivity index (χ1n) is 6.36. The van der Waals surface area contributed by atoms with E-state index in [4.69, 9.17) is 15.2 Å². The number of rotatable bonds is 6. The smallest absolute Gasteiger partial charge is 0.342 e. The van der Waals surface area contributed by atoms with Gasteiger partial charge in [0.2, 0.25) is 5.91 Å². The van der Waals surface area contributed by atoms with E-state index in [9.17, 15) is 9.59 Å². The van der Waals surface area contributed by atoms with Gasteiger partial charge in [-0.2, -0.15) is 0 Å². The summed E-state index contributed by atoms with van der Waals surface area (Å²) in [6.45, 7) is 2.22. The van der Waals surface area contributed by atoms with Crippen LogP contribution in [-0.2, 0) is 9.53 Å². The zero-order valence-electron chi connectivity index (χ0n) is 12.0. The van der Waals surface area contributed by atoms with Crippen LogP contribution in [0.3, 0.4) is 0 Å². The number of benzene rings is 1. The first kappa shape index (κ1) is 15.8. The van der Waals surface area contributed by atoms with E-state index >= 15 is 0 Å². The van der Waals surface area contributed by atoms with Crippen molar-refractivity contribution in [2.45, 2.75) is 13.3 Å². The lowest BCUT2D eigenvalue weighted by atomic mass is 10.1. The first-order chi connectivity index (χ1) is 9.47. The second-order valence-electron chi connectivity index (χ2n) is 4.33. The standard InChI is InChI=1S/C14H20N2O4/c1-4-19-13-10(6-5-7-11(13)15)14(18)20-9-8-12(17)16(2)3/h5-7H,4,8-9,15H2,1-3H3. The molecule has 1 rings (SSSR count). The van der Waals surface area contributed by atoms with Crippen molar-refractivity contribution in [2.24, 2.45) is 0 Å². The topological polar surface area (TPSA) is 81.9 Å². The number of hydrogen-bond acceptors (Lipinski definition) is 5. The molecule has 0 bridgehead atoms. The number of anilines is 1. The molecule has 0 atom stereocenters. The molecule has 0 unspecified atom stereocenters. The van der Waals surface area contributed by atoms with Crippen molar-refractivity contribution in [1.29, 1.82) is 0 Å². The largest absolute Gasteiger partial charge is 0.491 e. The molecule has 0 aromatic heterocycles. The van der Waals surface area contributed by atoms with Gasteiger partial charge in [0.05, 0.1) is 18.7 Å². The van der Waals surface area contributed by atoms with E-state index in [0.717, 1.165) is 0 Å². The van der Waals surface area contributed by atoms with E-state index in [0.29, 0.717) is 18.0 Å². The van der Waals surface area contributed by atoms with E-state index in [1.54, 1.807) is 39.2 Å². The van der Waals surface area contributed by atoms with Gasteiger partial charge in [-0.15, -0.1) is 0 Å². The highest BCUT2D eigenvalue weighted by Gasteiger charge is 2.16. The summed E-state index contributed by atoms with van der Waals surface area (Å²) in [5.41, 5.74) is 6.42. The van der Waals surface area contributed by atoms with Crippen LogP contribution in [-0.4, -0.2) is 44.1 Å². The number of esters is 1. The van der Waals surface area contributed by atoms with E-state index < -0.39 is 5.97 Å². The summed E-state index contributed by atoms with van der Waals surface area (Å²) in [5, 5.41) is 0. The Labute approximate surface area is 118 Å². The normalized spacial score (nSPS) is 9.95. The molecule has 6 nitrogen and oxygen atoms in total. The van der Waals surface area contributed by atoms with Gasteiger partial charge in [-0.05, 0) is 19.1 Å². The number of nitrogens with two attached hydrogens (primary N) is 1. The number of hydrogen-bond donors (Lipinski definition) is 1. The molecule has 0 radical (unpaired) electrons.